The molecule has 5 atom stereocenters. The summed E-state index contributed by atoms with van der Waals surface area (Å²) in [5, 5.41) is 15.2. The van der Waals surface area contributed by atoms with Gasteiger partial charge in [-0.25, -0.2) is 23.0 Å². The molecule has 2 saturated carbocycles. The lowest BCUT2D eigenvalue weighted by molar-refractivity contribution is -0.192. The highest BCUT2D eigenvalue weighted by molar-refractivity contribution is 7.91. The van der Waals surface area contributed by atoms with E-state index in [2.05, 4.69) is 34.1 Å². The molecule has 0 radical (unpaired) electrons. The maximum absolute atomic E-state index is 14.4. The van der Waals surface area contributed by atoms with Crippen molar-refractivity contribution in [2.24, 2.45) is 11.8 Å². The number of anilines is 1. The van der Waals surface area contributed by atoms with Crippen molar-refractivity contribution >= 4 is 62.4 Å². The lowest BCUT2D eigenvalue weighted by Gasteiger charge is -2.31. The Morgan fingerprint density at radius 3 is 2.55 bits per heavy atom. The van der Waals surface area contributed by atoms with Crippen molar-refractivity contribution in [2.75, 3.05) is 11.9 Å². The molecular formula is C38H45F3N6O9S2. The quantitative estimate of drug-likeness (QED) is 0.289. The number of carboxylic acid groups (broad SMARTS) is 1. The van der Waals surface area contributed by atoms with Crippen molar-refractivity contribution in [3.8, 4) is 0 Å². The summed E-state index contributed by atoms with van der Waals surface area (Å²) in [6, 6.07) is 4.17. The topological polar surface area (TPSA) is 204 Å². The predicted octanol–water partition coefficient (Wildman–Crippen LogP) is 4.35. The highest BCUT2D eigenvalue weighted by atomic mass is 32.2. The molecule has 58 heavy (non-hydrogen) atoms. The number of carbonyl (C=O) groups excluding carboxylic acids is 4. The second-order valence-electron chi connectivity index (χ2n) is 15.4. The smallest absolute Gasteiger partial charge is 0.475 e. The van der Waals surface area contributed by atoms with E-state index in [1.807, 2.05) is 37.4 Å². The van der Waals surface area contributed by atoms with Gasteiger partial charge in [0.05, 0.1) is 24.0 Å². The number of nitrogens with zero attached hydrogens (tertiary/aromatic N) is 3. The predicted molar refractivity (Wildman–Crippen MR) is 205 cm³/mol. The zero-order valence-electron chi connectivity index (χ0n) is 31.8. The minimum absolute atomic E-state index is 0.00112. The van der Waals surface area contributed by atoms with Crippen molar-refractivity contribution in [2.45, 2.75) is 107 Å². The summed E-state index contributed by atoms with van der Waals surface area (Å²) in [4.78, 5) is 72.3. The van der Waals surface area contributed by atoms with Gasteiger partial charge in [-0.05, 0) is 61.1 Å². The molecule has 314 valence electrons. The van der Waals surface area contributed by atoms with Gasteiger partial charge in [0, 0.05) is 24.3 Å². The number of aliphatic carboxylic acids is 1. The number of sulfonamides is 1. The van der Waals surface area contributed by atoms with E-state index in [1.165, 1.54) is 22.3 Å². The third-order valence-corrected chi connectivity index (χ3v) is 13.4. The summed E-state index contributed by atoms with van der Waals surface area (Å²) < 4.78 is 65.2. The molecule has 2 aromatic rings. The number of alkyl halides is 3. The molecule has 3 aliphatic heterocycles. The van der Waals surface area contributed by atoms with Crippen LogP contribution < -0.4 is 15.4 Å². The normalized spacial score (nSPS) is 26.4. The van der Waals surface area contributed by atoms with Crippen LogP contribution >= 0.6 is 11.3 Å². The fourth-order valence-electron chi connectivity index (χ4n) is 7.27. The van der Waals surface area contributed by atoms with E-state index >= 15 is 0 Å². The number of benzene rings is 1. The summed E-state index contributed by atoms with van der Waals surface area (Å²) >= 11 is 1.41. The largest absolute Gasteiger partial charge is 0.490 e. The van der Waals surface area contributed by atoms with Crippen LogP contribution in [-0.2, 0) is 53.4 Å². The molecule has 0 spiro atoms. The molecule has 4 N–H and O–H groups in total. The van der Waals surface area contributed by atoms with E-state index in [-0.39, 0.29) is 31.2 Å². The van der Waals surface area contributed by atoms with Gasteiger partial charge in [-0.15, -0.1) is 17.9 Å². The number of thiazole rings is 1. The number of nitrogens with one attached hydrogen (secondary N) is 3. The lowest BCUT2D eigenvalue weighted by Crippen LogP contribution is -2.58. The van der Waals surface area contributed by atoms with E-state index < -0.39 is 75.0 Å². The fourth-order valence-corrected chi connectivity index (χ4v) is 9.42. The third kappa shape index (κ3) is 9.48. The standard InChI is InChI=1S/C36H44N6O7S2.C2HF3O2/c1-4-24-16-36(24,33(45)40-51(47,48)27-13-14-27)39-31(43)29-15-26-18-42(29)32(44)30(21(2)3)38-34-37-25(20-50-34)12-7-5-6-9-22-10-8-11-23-17-41(19-28(22)23)35(46)49-26;3-2(4,5)1(6)7/h4,6,8-11,20-21,24,26-27,29-30H,1,5,7,12-19H2,2-3H3,(H,37,38)(H,39,43)(H,40,45);(H,6,7)/b9-6+;/t24-,26-,29+,30+,36-;/m1./s1. The molecule has 1 saturated heterocycles. The summed E-state index contributed by atoms with van der Waals surface area (Å²) in [5.41, 5.74) is 2.55. The van der Waals surface area contributed by atoms with E-state index in [1.54, 1.807) is 4.90 Å². The van der Waals surface area contributed by atoms with E-state index in [9.17, 15) is 40.8 Å². The molecule has 4 amide bonds. The van der Waals surface area contributed by atoms with Crippen LogP contribution in [0.3, 0.4) is 0 Å². The second-order valence-corrected chi connectivity index (χ2v) is 18.2. The fraction of sp³-hybridized carbons (Fsp3) is 0.526. The van der Waals surface area contributed by atoms with Crippen LogP contribution in [0.25, 0.3) is 6.08 Å². The number of hydrogen-bond donors (Lipinski definition) is 4. The number of halogens is 3. The number of carboxylic acids is 1. The van der Waals surface area contributed by atoms with Gasteiger partial charge >= 0.3 is 18.2 Å². The molecular weight excluding hydrogens is 806 g/mol. The highest BCUT2D eigenvalue weighted by Gasteiger charge is 2.62. The number of hydrogen-bond acceptors (Lipinski definition) is 11. The Morgan fingerprint density at radius 2 is 1.91 bits per heavy atom. The number of carbonyl (C=O) groups is 5. The number of allylic oxidation sites excluding steroid dienone is 1. The first kappa shape index (κ1) is 42.6. The lowest BCUT2D eigenvalue weighted by atomic mass is 10.0. The molecule has 20 heteroatoms. The molecule has 3 fully saturated rings. The van der Waals surface area contributed by atoms with Gasteiger partial charge in [0.15, 0.2) is 5.13 Å². The average molecular weight is 851 g/mol. The summed E-state index contributed by atoms with van der Waals surface area (Å²) in [6.45, 7) is 8.29. The molecule has 1 aromatic carbocycles. The Balaban J connectivity index is 0.000000743. The number of rotatable bonds is 7. The molecule has 6 bridgehead atoms. The Hall–Kier alpha value is -4.98. The molecule has 5 aliphatic rings. The molecule has 15 nitrogen and oxygen atoms in total. The van der Waals surface area contributed by atoms with Crippen LogP contribution in [0.15, 0.2) is 42.3 Å². The van der Waals surface area contributed by atoms with Crippen LogP contribution in [-0.4, -0.2) is 99.8 Å². The number of ether oxygens (including phenoxy) is 1. The monoisotopic (exact) mass is 850 g/mol. The second kappa shape index (κ2) is 16.7. The Bertz CT molecular complexity index is 2100. The number of aryl methyl sites for hydroxylation is 1. The van der Waals surface area contributed by atoms with Crippen LogP contribution in [0.5, 0.6) is 0 Å². The number of fused-ring (bicyclic) bond motifs is 5. The van der Waals surface area contributed by atoms with Gasteiger partial charge in [-0.1, -0.05) is 50.3 Å². The summed E-state index contributed by atoms with van der Waals surface area (Å²) in [5.74, 6) is -5.27. The minimum atomic E-state index is -5.08. The van der Waals surface area contributed by atoms with E-state index in [4.69, 9.17) is 19.6 Å². The first-order chi connectivity index (χ1) is 27.3. The van der Waals surface area contributed by atoms with E-state index in [0.29, 0.717) is 31.1 Å². The van der Waals surface area contributed by atoms with Crippen LogP contribution in [0.4, 0.5) is 23.1 Å². The Kier molecular flexibility index (Phi) is 12.3. The first-order valence-electron chi connectivity index (χ1n) is 18.9. The summed E-state index contributed by atoms with van der Waals surface area (Å²) in [6.07, 6.45) is 2.97. The molecule has 4 heterocycles. The van der Waals surface area contributed by atoms with Gasteiger partial charge in [0.25, 0.3) is 5.91 Å². The van der Waals surface area contributed by atoms with Crippen LogP contribution in [0.2, 0.25) is 0 Å². The van der Waals surface area contributed by atoms with Gasteiger partial charge in [0.2, 0.25) is 21.8 Å². The zero-order chi connectivity index (χ0) is 42.2. The molecule has 1 aromatic heterocycles. The molecule has 2 aliphatic carbocycles. The Labute approximate surface area is 337 Å². The van der Waals surface area contributed by atoms with Crippen molar-refractivity contribution in [1.29, 1.82) is 0 Å². The zero-order valence-corrected chi connectivity index (χ0v) is 33.4. The van der Waals surface area contributed by atoms with Crippen LogP contribution in [0.1, 0.15) is 74.8 Å². The maximum Gasteiger partial charge on any atom is 0.490 e. The Morgan fingerprint density at radius 1 is 1.19 bits per heavy atom. The van der Waals surface area contributed by atoms with E-state index in [0.717, 1.165) is 41.6 Å². The average Bonchev–Trinajstić information content (AvgIpc) is 3.97. The number of amides is 4. The molecule has 0 unspecified atom stereocenters. The minimum Gasteiger partial charge on any atom is -0.475 e. The van der Waals surface area contributed by atoms with Crippen molar-refractivity contribution < 1.29 is 55.4 Å². The third-order valence-electron chi connectivity index (χ3n) is 10.7. The molecule has 7 rings (SSSR count). The highest BCUT2D eigenvalue weighted by Crippen LogP contribution is 2.45. The summed E-state index contributed by atoms with van der Waals surface area (Å²) in [7, 11) is -3.87. The first-order valence-corrected chi connectivity index (χ1v) is 21.3. The van der Waals surface area contributed by atoms with Crippen LogP contribution in [0, 0.1) is 11.8 Å². The van der Waals surface area contributed by atoms with Crippen molar-refractivity contribution in [3.05, 3.63) is 64.7 Å². The van der Waals surface area contributed by atoms with Gasteiger partial charge < -0.3 is 25.4 Å². The van der Waals surface area contributed by atoms with Gasteiger partial charge in [0.1, 0.15) is 23.7 Å². The van der Waals surface area contributed by atoms with Crippen molar-refractivity contribution in [1.82, 2.24) is 24.8 Å². The van der Waals surface area contributed by atoms with Crippen molar-refractivity contribution in [3.63, 3.8) is 0 Å². The maximum atomic E-state index is 14.4. The van der Waals surface area contributed by atoms with Gasteiger partial charge in [-0.3, -0.25) is 24.0 Å². The number of aromatic nitrogens is 1. The SMILES string of the molecule is C=C[C@@H]1C[C@]1(NC(=O)[C@@H]1C[C@@H]2CN1C(=O)[C@H](C(C)C)Nc1nc(cs1)CCC/C=C/c1cccc3c1CN(C3)C(=O)O2)C(=O)NS(=O)(=O)C1CC1.O=C(O)C(F)(F)F. The van der Waals surface area contributed by atoms with Gasteiger partial charge in [-0.2, -0.15) is 13.2 Å².